The molecule has 0 aliphatic carbocycles. The lowest BCUT2D eigenvalue weighted by Crippen LogP contribution is -2.44. The molecule has 1 aromatic rings. The van der Waals surface area contributed by atoms with Crippen LogP contribution in [0.15, 0.2) is 24.4 Å². The van der Waals surface area contributed by atoms with Gasteiger partial charge in [-0.05, 0) is 53.2 Å². The van der Waals surface area contributed by atoms with E-state index in [4.69, 9.17) is 0 Å². The minimum atomic E-state index is -1.16. The second-order valence-corrected chi connectivity index (χ2v) is 8.74. The zero-order valence-electron chi connectivity index (χ0n) is 13.0. The molecule has 2 N–H and O–H groups in total. The van der Waals surface area contributed by atoms with Crippen molar-refractivity contribution in [2.24, 2.45) is 0 Å². The Balaban J connectivity index is 2.78. The molecule has 0 saturated heterocycles. The number of hydrogen-bond acceptors (Lipinski definition) is 3. The lowest BCUT2D eigenvalue weighted by molar-refractivity contribution is 0.0619. The van der Waals surface area contributed by atoms with E-state index in [2.05, 4.69) is 9.71 Å². The summed E-state index contributed by atoms with van der Waals surface area (Å²) in [6.07, 6.45) is 2.91. The van der Waals surface area contributed by atoms with Gasteiger partial charge in [-0.1, -0.05) is 6.07 Å². The molecule has 20 heavy (non-hydrogen) atoms. The van der Waals surface area contributed by atoms with Crippen LogP contribution in [0, 0.1) is 0 Å². The van der Waals surface area contributed by atoms with Gasteiger partial charge in [0, 0.05) is 24.4 Å². The number of nitrogens with zero attached hydrogens (tertiary/aromatic N) is 1. The zero-order valence-corrected chi connectivity index (χ0v) is 13.8. The molecule has 0 spiro atoms. The van der Waals surface area contributed by atoms with Crippen LogP contribution in [0.25, 0.3) is 0 Å². The maximum absolute atomic E-state index is 12.2. The van der Waals surface area contributed by atoms with Gasteiger partial charge in [-0.2, -0.15) is 0 Å². The first-order chi connectivity index (χ1) is 9.08. The third kappa shape index (κ3) is 6.59. The van der Waals surface area contributed by atoms with Crippen molar-refractivity contribution in [2.75, 3.05) is 0 Å². The second-order valence-electron chi connectivity index (χ2n) is 6.74. The van der Waals surface area contributed by atoms with Crippen LogP contribution in [0.1, 0.15) is 46.7 Å². The quantitative estimate of drug-likeness (QED) is 0.846. The van der Waals surface area contributed by atoms with E-state index >= 15 is 0 Å². The number of aromatic nitrogens is 1. The van der Waals surface area contributed by atoms with Gasteiger partial charge >= 0.3 is 0 Å². The van der Waals surface area contributed by atoms with Gasteiger partial charge in [-0.15, -0.1) is 0 Å². The van der Waals surface area contributed by atoms with E-state index in [1.54, 1.807) is 20.0 Å². The number of aliphatic hydroxyl groups is 1. The lowest BCUT2D eigenvalue weighted by atomic mass is 9.96. The smallest absolute Gasteiger partial charge is 0.0972 e. The summed E-state index contributed by atoms with van der Waals surface area (Å²) >= 11 is 0. The highest BCUT2D eigenvalue weighted by molar-refractivity contribution is 7.84. The van der Waals surface area contributed by atoms with Crippen LogP contribution in [-0.4, -0.2) is 30.7 Å². The van der Waals surface area contributed by atoms with Crippen molar-refractivity contribution in [1.29, 1.82) is 0 Å². The van der Waals surface area contributed by atoms with E-state index in [0.717, 1.165) is 5.69 Å². The summed E-state index contributed by atoms with van der Waals surface area (Å²) in [5.41, 5.74) is 0.120. The van der Waals surface area contributed by atoms with E-state index in [0.29, 0.717) is 12.8 Å². The molecule has 1 rings (SSSR count). The minimum Gasteiger partial charge on any atom is -0.390 e. The Hall–Kier alpha value is -0.780. The van der Waals surface area contributed by atoms with Gasteiger partial charge < -0.3 is 5.11 Å². The average molecular weight is 298 g/mol. The topological polar surface area (TPSA) is 62.2 Å². The van der Waals surface area contributed by atoms with Crippen LogP contribution < -0.4 is 4.72 Å². The Bertz CT molecular complexity index is 435. The Morgan fingerprint density at radius 1 is 1.30 bits per heavy atom. The summed E-state index contributed by atoms with van der Waals surface area (Å²) in [6, 6.07) is 5.67. The number of nitrogens with one attached hydrogen (secondary N) is 1. The number of pyridine rings is 1. The van der Waals surface area contributed by atoms with Crippen LogP contribution in [0.4, 0.5) is 0 Å². The van der Waals surface area contributed by atoms with Crippen molar-refractivity contribution in [3.63, 3.8) is 0 Å². The maximum Gasteiger partial charge on any atom is 0.0972 e. The summed E-state index contributed by atoms with van der Waals surface area (Å²) < 4.78 is 15.1. The van der Waals surface area contributed by atoms with Crippen LogP contribution >= 0.6 is 0 Å². The van der Waals surface area contributed by atoms with Crippen molar-refractivity contribution >= 4 is 11.0 Å². The third-order valence-electron chi connectivity index (χ3n) is 2.76. The largest absolute Gasteiger partial charge is 0.390 e. The Kier molecular flexibility index (Phi) is 5.86. The van der Waals surface area contributed by atoms with Gasteiger partial charge in [0.15, 0.2) is 0 Å². The van der Waals surface area contributed by atoms with Crippen molar-refractivity contribution < 1.29 is 9.32 Å². The molecule has 4 nitrogen and oxygen atoms in total. The second kappa shape index (κ2) is 6.78. The summed E-state index contributed by atoms with van der Waals surface area (Å²) in [7, 11) is -1.16. The molecule has 0 radical (unpaired) electrons. The first-order valence-electron chi connectivity index (χ1n) is 6.88. The molecule has 0 amide bonds. The fourth-order valence-corrected chi connectivity index (χ4v) is 2.68. The Labute approximate surface area is 124 Å². The third-order valence-corrected chi connectivity index (χ3v) is 4.42. The maximum atomic E-state index is 12.2. The first kappa shape index (κ1) is 17.3. The predicted octanol–water partition coefficient (Wildman–Crippen LogP) is 2.21. The van der Waals surface area contributed by atoms with Crippen molar-refractivity contribution in [3.05, 3.63) is 30.1 Å². The van der Waals surface area contributed by atoms with Gasteiger partial charge in [0.05, 0.1) is 21.3 Å². The Morgan fingerprint density at radius 2 is 1.95 bits per heavy atom. The van der Waals surface area contributed by atoms with Crippen LogP contribution in [-0.2, 0) is 17.4 Å². The summed E-state index contributed by atoms with van der Waals surface area (Å²) in [6.45, 7) is 9.31. The Morgan fingerprint density at radius 3 is 2.40 bits per heavy atom. The van der Waals surface area contributed by atoms with Gasteiger partial charge in [-0.25, -0.2) is 8.93 Å². The standard InChI is InChI=1S/C15H26N2O2S/c1-14(2,3)20(19)17-13(11-15(4,5)18)10-12-8-6-7-9-16-12/h6-9,13,17-18H,10-11H2,1-5H3/t13-,20-/m1/s1. The monoisotopic (exact) mass is 298 g/mol. The first-order valence-corrected chi connectivity index (χ1v) is 8.03. The van der Waals surface area contributed by atoms with Gasteiger partial charge in [0.2, 0.25) is 0 Å². The van der Waals surface area contributed by atoms with Crippen LogP contribution in [0.2, 0.25) is 0 Å². The average Bonchev–Trinajstić information content (AvgIpc) is 2.26. The van der Waals surface area contributed by atoms with E-state index in [1.807, 2.05) is 39.0 Å². The lowest BCUT2D eigenvalue weighted by Gasteiger charge is -2.28. The van der Waals surface area contributed by atoms with Crippen molar-refractivity contribution in [2.45, 2.75) is 63.9 Å². The zero-order chi connectivity index (χ0) is 15.4. The molecule has 0 aliphatic heterocycles. The fourth-order valence-electron chi connectivity index (χ4n) is 1.86. The summed E-state index contributed by atoms with van der Waals surface area (Å²) in [5, 5.41) is 10.0. The molecule has 0 aliphatic rings. The molecule has 0 unspecified atom stereocenters. The van der Waals surface area contributed by atoms with Gasteiger partial charge in [0.1, 0.15) is 0 Å². The summed E-state index contributed by atoms with van der Waals surface area (Å²) in [5.74, 6) is 0. The molecule has 2 atom stereocenters. The van der Waals surface area contributed by atoms with E-state index in [-0.39, 0.29) is 10.8 Å². The highest BCUT2D eigenvalue weighted by Gasteiger charge is 2.26. The van der Waals surface area contributed by atoms with Gasteiger partial charge in [0.25, 0.3) is 0 Å². The highest BCUT2D eigenvalue weighted by Crippen LogP contribution is 2.17. The van der Waals surface area contributed by atoms with E-state index < -0.39 is 16.6 Å². The number of hydrogen-bond donors (Lipinski definition) is 2. The SMILES string of the molecule is CC(C)(O)C[C@@H](Cc1ccccn1)N[S@](=O)C(C)(C)C. The van der Waals surface area contributed by atoms with Crippen LogP contribution in [0.3, 0.4) is 0 Å². The molecule has 1 heterocycles. The predicted molar refractivity (Wildman–Crippen MR) is 83.7 cm³/mol. The van der Waals surface area contributed by atoms with E-state index in [1.165, 1.54) is 0 Å². The highest BCUT2D eigenvalue weighted by atomic mass is 32.2. The summed E-state index contributed by atoms with van der Waals surface area (Å²) in [4.78, 5) is 4.30. The molecule has 0 fully saturated rings. The molecule has 114 valence electrons. The molecule has 0 saturated carbocycles. The van der Waals surface area contributed by atoms with Gasteiger partial charge in [-0.3, -0.25) is 4.98 Å². The van der Waals surface area contributed by atoms with Crippen molar-refractivity contribution in [3.8, 4) is 0 Å². The van der Waals surface area contributed by atoms with E-state index in [9.17, 15) is 9.32 Å². The fraction of sp³-hybridized carbons (Fsp3) is 0.667. The molecule has 1 aromatic heterocycles. The molecular formula is C15H26N2O2S. The normalized spacial score (nSPS) is 15.9. The van der Waals surface area contributed by atoms with Crippen molar-refractivity contribution in [1.82, 2.24) is 9.71 Å². The van der Waals surface area contributed by atoms with Crippen LogP contribution in [0.5, 0.6) is 0 Å². The molecule has 5 heteroatoms. The minimum absolute atomic E-state index is 0.0787. The molecule has 0 aromatic carbocycles. The number of rotatable bonds is 6. The molecular weight excluding hydrogens is 272 g/mol. The molecule has 0 bridgehead atoms.